The van der Waals surface area contributed by atoms with Crippen LogP contribution in [0.5, 0.6) is 0 Å². The third kappa shape index (κ3) is 4.31. The van der Waals surface area contributed by atoms with E-state index in [9.17, 15) is 31.1 Å². The summed E-state index contributed by atoms with van der Waals surface area (Å²) in [5.41, 5.74) is -1.99. The van der Waals surface area contributed by atoms with Gasteiger partial charge in [0, 0.05) is 0 Å². The second-order valence-corrected chi connectivity index (χ2v) is 6.43. The molecule has 1 rings (SSSR count). The maximum Gasteiger partial charge on any atom is 0.458 e. The van der Waals surface area contributed by atoms with E-state index in [1.54, 1.807) is 27.7 Å². The summed E-state index contributed by atoms with van der Waals surface area (Å²) in [5, 5.41) is 8.88. The lowest BCUT2D eigenvalue weighted by Gasteiger charge is -2.32. The molecule has 1 unspecified atom stereocenters. The SMILES string of the molecule is CC1(C)OB(CC(C(=O)O)C(C(F)(F)F)C(F)(F)F)OC1(C)C. The number of hydrogen-bond acceptors (Lipinski definition) is 3. The first kappa shape index (κ1) is 20.1. The molecule has 1 aliphatic heterocycles. The molecule has 0 aromatic heterocycles. The lowest BCUT2D eigenvalue weighted by atomic mass is 9.72. The summed E-state index contributed by atoms with van der Waals surface area (Å²) in [4.78, 5) is 11.0. The molecule has 23 heavy (non-hydrogen) atoms. The highest BCUT2D eigenvalue weighted by atomic mass is 19.4. The van der Waals surface area contributed by atoms with Gasteiger partial charge in [0.2, 0.25) is 0 Å². The maximum absolute atomic E-state index is 12.7. The first-order valence-corrected chi connectivity index (χ1v) is 6.71. The Morgan fingerprint density at radius 1 is 1.00 bits per heavy atom. The van der Waals surface area contributed by atoms with Crippen LogP contribution in [0.2, 0.25) is 6.32 Å². The molecule has 1 N–H and O–H groups in total. The Bertz CT molecular complexity index is 429. The molecule has 1 saturated heterocycles. The zero-order chi connectivity index (χ0) is 18.4. The molecule has 0 aliphatic carbocycles. The second kappa shape index (κ2) is 5.84. The molecule has 4 nitrogen and oxygen atoms in total. The minimum atomic E-state index is -5.75. The van der Waals surface area contributed by atoms with Crippen molar-refractivity contribution in [1.29, 1.82) is 0 Å². The van der Waals surface area contributed by atoms with Gasteiger partial charge in [-0.15, -0.1) is 0 Å². The number of hydrogen-bond donors (Lipinski definition) is 1. The molecule has 0 radical (unpaired) electrons. The van der Waals surface area contributed by atoms with Gasteiger partial charge in [0.15, 0.2) is 5.92 Å². The van der Waals surface area contributed by atoms with Crippen LogP contribution in [0.1, 0.15) is 27.7 Å². The van der Waals surface area contributed by atoms with Crippen LogP contribution in [0.4, 0.5) is 26.3 Å². The van der Waals surface area contributed by atoms with Gasteiger partial charge in [-0.05, 0) is 34.0 Å². The zero-order valence-electron chi connectivity index (χ0n) is 12.9. The number of alkyl halides is 6. The van der Waals surface area contributed by atoms with E-state index in [1.807, 2.05) is 0 Å². The Kier molecular flexibility index (Phi) is 5.10. The average Bonchev–Trinajstić information content (AvgIpc) is 2.41. The second-order valence-electron chi connectivity index (χ2n) is 6.43. The van der Waals surface area contributed by atoms with E-state index in [2.05, 4.69) is 0 Å². The van der Waals surface area contributed by atoms with E-state index in [4.69, 9.17) is 14.4 Å². The van der Waals surface area contributed by atoms with E-state index < -0.39 is 54.8 Å². The molecule has 0 amide bonds. The maximum atomic E-state index is 12.7. The summed E-state index contributed by atoms with van der Waals surface area (Å²) in [7, 11) is -1.48. The predicted octanol–water partition coefficient (Wildman–Crippen LogP) is 3.52. The van der Waals surface area contributed by atoms with Crippen molar-refractivity contribution in [2.24, 2.45) is 11.8 Å². The highest BCUT2D eigenvalue weighted by Gasteiger charge is 2.63. The molecular weight excluding hydrogens is 333 g/mol. The van der Waals surface area contributed by atoms with Crippen LogP contribution in [0, 0.1) is 11.8 Å². The van der Waals surface area contributed by atoms with E-state index in [1.165, 1.54) is 0 Å². The van der Waals surface area contributed by atoms with Crippen LogP contribution in [0.3, 0.4) is 0 Å². The van der Waals surface area contributed by atoms with Gasteiger partial charge in [-0.2, -0.15) is 26.3 Å². The Labute approximate surface area is 129 Å². The zero-order valence-corrected chi connectivity index (χ0v) is 12.9. The molecule has 0 aromatic rings. The van der Waals surface area contributed by atoms with Gasteiger partial charge in [0.25, 0.3) is 0 Å². The fourth-order valence-electron chi connectivity index (χ4n) is 2.29. The van der Waals surface area contributed by atoms with Gasteiger partial charge in [-0.25, -0.2) is 0 Å². The number of carboxylic acids is 1. The standard InChI is InChI=1S/C12H17BF6O4/c1-9(2)10(3,4)23-13(22-9)5-6(8(20)21)7(11(14,15)16)12(17,18)19/h6-7H,5H2,1-4H3,(H,20,21). The highest BCUT2D eigenvalue weighted by molar-refractivity contribution is 6.46. The number of halogens is 6. The average molecular weight is 350 g/mol. The lowest BCUT2D eigenvalue weighted by molar-refractivity contribution is -0.296. The molecule has 134 valence electrons. The summed E-state index contributed by atoms with van der Waals surface area (Å²) in [6.07, 6.45) is -12.6. The summed E-state index contributed by atoms with van der Waals surface area (Å²) < 4.78 is 87.0. The number of carboxylic acid groups (broad SMARTS) is 1. The van der Waals surface area contributed by atoms with E-state index >= 15 is 0 Å². The summed E-state index contributed by atoms with van der Waals surface area (Å²) in [6.45, 7) is 6.20. The number of aliphatic carboxylic acids is 1. The Balaban J connectivity index is 3.07. The molecule has 1 heterocycles. The van der Waals surface area contributed by atoms with Gasteiger partial charge in [0.05, 0.1) is 17.1 Å². The molecule has 0 bridgehead atoms. The van der Waals surface area contributed by atoms with E-state index in [0.717, 1.165) is 0 Å². The molecule has 0 spiro atoms. The highest BCUT2D eigenvalue weighted by Crippen LogP contribution is 2.47. The Hall–Kier alpha value is -0.965. The van der Waals surface area contributed by atoms with Crippen molar-refractivity contribution in [3.8, 4) is 0 Å². The third-order valence-corrected chi connectivity index (χ3v) is 4.17. The fourth-order valence-corrected chi connectivity index (χ4v) is 2.29. The topological polar surface area (TPSA) is 55.8 Å². The van der Waals surface area contributed by atoms with Gasteiger partial charge in [-0.3, -0.25) is 4.79 Å². The smallest absolute Gasteiger partial charge is 0.458 e. The quantitative estimate of drug-likeness (QED) is 0.623. The fraction of sp³-hybridized carbons (Fsp3) is 0.917. The van der Waals surface area contributed by atoms with Gasteiger partial charge in [-0.1, -0.05) is 0 Å². The third-order valence-electron chi connectivity index (χ3n) is 4.17. The molecular formula is C12H17BF6O4. The van der Waals surface area contributed by atoms with Crippen LogP contribution in [-0.4, -0.2) is 41.7 Å². The van der Waals surface area contributed by atoms with Crippen molar-refractivity contribution >= 4 is 13.1 Å². The van der Waals surface area contributed by atoms with Crippen LogP contribution in [0.15, 0.2) is 0 Å². The van der Waals surface area contributed by atoms with Gasteiger partial charge >= 0.3 is 25.4 Å². The summed E-state index contributed by atoms with van der Waals surface area (Å²) >= 11 is 0. The first-order chi connectivity index (χ1) is 9.99. The van der Waals surface area contributed by atoms with Crippen LogP contribution in [-0.2, 0) is 14.1 Å². The van der Waals surface area contributed by atoms with Gasteiger partial charge < -0.3 is 14.4 Å². The summed E-state index contributed by atoms with van der Waals surface area (Å²) in [5.74, 6) is -8.96. The number of rotatable bonds is 4. The Morgan fingerprint density at radius 3 is 1.61 bits per heavy atom. The number of carbonyl (C=O) groups is 1. The van der Waals surface area contributed by atoms with Crippen molar-refractivity contribution in [2.45, 2.75) is 57.6 Å². The van der Waals surface area contributed by atoms with Crippen molar-refractivity contribution in [3.05, 3.63) is 0 Å². The van der Waals surface area contributed by atoms with E-state index in [0.29, 0.717) is 0 Å². The van der Waals surface area contributed by atoms with Crippen molar-refractivity contribution in [1.82, 2.24) is 0 Å². The van der Waals surface area contributed by atoms with Crippen molar-refractivity contribution in [2.75, 3.05) is 0 Å². The van der Waals surface area contributed by atoms with Crippen LogP contribution < -0.4 is 0 Å². The van der Waals surface area contributed by atoms with Crippen molar-refractivity contribution < 1.29 is 45.6 Å². The molecule has 1 aliphatic rings. The largest absolute Gasteiger partial charge is 0.481 e. The summed E-state index contributed by atoms with van der Waals surface area (Å²) in [6, 6.07) is 0. The van der Waals surface area contributed by atoms with Crippen molar-refractivity contribution in [3.63, 3.8) is 0 Å². The lowest BCUT2D eigenvalue weighted by Crippen LogP contribution is -2.46. The van der Waals surface area contributed by atoms with Crippen LogP contribution >= 0.6 is 0 Å². The Morgan fingerprint density at radius 2 is 1.35 bits per heavy atom. The monoisotopic (exact) mass is 350 g/mol. The first-order valence-electron chi connectivity index (χ1n) is 6.71. The minimum absolute atomic E-state index is 0.993. The molecule has 0 aromatic carbocycles. The van der Waals surface area contributed by atoms with E-state index in [-0.39, 0.29) is 0 Å². The predicted molar refractivity (Wildman–Crippen MR) is 67.6 cm³/mol. The molecule has 0 saturated carbocycles. The molecule has 1 atom stereocenters. The molecule has 1 fully saturated rings. The van der Waals surface area contributed by atoms with Crippen LogP contribution in [0.25, 0.3) is 0 Å². The normalized spacial score (nSPS) is 22.5. The van der Waals surface area contributed by atoms with Gasteiger partial charge in [0.1, 0.15) is 0 Å². The minimum Gasteiger partial charge on any atom is -0.481 e. The molecule has 11 heteroatoms.